The summed E-state index contributed by atoms with van der Waals surface area (Å²) in [5.74, 6) is 1.03. The van der Waals surface area contributed by atoms with Crippen LogP contribution in [0.25, 0.3) is 11.2 Å². The lowest BCUT2D eigenvalue weighted by molar-refractivity contribution is -0.198. The normalized spacial score (nSPS) is 23.8. The molecule has 0 unspecified atom stereocenters. The number of amides is 1. The number of fused-ring (bicyclic) bond motifs is 1. The number of nitrogens with two attached hydrogens (primary N) is 2. The predicted molar refractivity (Wildman–Crippen MR) is 133 cm³/mol. The summed E-state index contributed by atoms with van der Waals surface area (Å²) in [6.07, 6.45) is 5.78. The summed E-state index contributed by atoms with van der Waals surface area (Å²) in [5.41, 5.74) is 11.6. The average molecular weight is 496 g/mol. The van der Waals surface area contributed by atoms with Crippen molar-refractivity contribution in [2.75, 3.05) is 38.6 Å². The molecule has 2 fully saturated rings. The molecule has 2 aromatic heterocycles. The van der Waals surface area contributed by atoms with Gasteiger partial charge in [-0.2, -0.15) is 0 Å². The zero-order chi connectivity index (χ0) is 25.3. The van der Waals surface area contributed by atoms with Gasteiger partial charge in [-0.05, 0) is 57.0 Å². The van der Waals surface area contributed by atoms with Gasteiger partial charge in [0.2, 0.25) is 0 Å². The van der Waals surface area contributed by atoms with Crippen LogP contribution >= 0.6 is 0 Å². The van der Waals surface area contributed by atoms with E-state index in [9.17, 15) is 9.90 Å². The summed E-state index contributed by atoms with van der Waals surface area (Å²) >= 11 is 0. The number of aliphatic hydroxyl groups is 1. The summed E-state index contributed by atoms with van der Waals surface area (Å²) in [6.45, 7) is 4.23. The van der Waals surface area contributed by atoms with Gasteiger partial charge in [0.15, 0.2) is 11.5 Å². The number of benzene rings is 1. The number of nitrogen functional groups attached to an aromatic ring is 1. The molecule has 0 bridgehead atoms. The third kappa shape index (κ3) is 4.61. The highest BCUT2D eigenvalue weighted by Gasteiger charge is 2.50. The second-order valence-electron chi connectivity index (χ2n) is 9.94. The molecule has 0 saturated carbocycles. The van der Waals surface area contributed by atoms with E-state index < -0.39 is 11.2 Å². The highest BCUT2D eigenvalue weighted by molar-refractivity contribution is 5.94. The van der Waals surface area contributed by atoms with Gasteiger partial charge in [0.1, 0.15) is 23.2 Å². The van der Waals surface area contributed by atoms with E-state index in [1.54, 1.807) is 25.4 Å². The minimum Gasteiger partial charge on any atom is -0.494 e. The van der Waals surface area contributed by atoms with Crippen LogP contribution in [0.5, 0.6) is 5.75 Å². The van der Waals surface area contributed by atoms with Gasteiger partial charge in [-0.1, -0.05) is 0 Å². The minimum atomic E-state index is -1.11. The van der Waals surface area contributed by atoms with Gasteiger partial charge in [0.05, 0.1) is 31.2 Å². The Morgan fingerprint density at radius 2 is 1.97 bits per heavy atom. The number of anilines is 1. The lowest BCUT2D eigenvalue weighted by atomic mass is 9.77. The molecule has 1 amide bonds. The number of carbonyl (C=O) groups excluding carboxylic acids is 1. The number of likely N-dealkylation sites (tertiary alicyclic amines) is 1. The molecule has 2 aliphatic rings. The van der Waals surface area contributed by atoms with Crippen molar-refractivity contribution in [1.29, 1.82) is 0 Å². The van der Waals surface area contributed by atoms with Crippen LogP contribution in [0.3, 0.4) is 0 Å². The fourth-order valence-electron chi connectivity index (χ4n) is 5.14. The molecular formula is C25H33N7O4. The number of ether oxygens (including phenoxy) is 2. The van der Waals surface area contributed by atoms with E-state index >= 15 is 0 Å². The first-order chi connectivity index (χ1) is 17.3. The van der Waals surface area contributed by atoms with Crippen molar-refractivity contribution in [3.8, 4) is 5.75 Å². The molecule has 1 spiro atoms. The van der Waals surface area contributed by atoms with Crippen LogP contribution in [0.4, 0.5) is 5.82 Å². The van der Waals surface area contributed by atoms with Crippen LogP contribution in [0.15, 0.2) is 36.9 Å². The van der Waals surface area contributed by atoms with Crippen LogP contribution < -0.4 is 16.2 Å². The van der Waals surface area contributed by atoms with Gasteiger partial charge in [-0.25, -0.2) is 15.0 Å². The number of rotatable bonds is 6. The second kappa shape index (κ2) is 9.64. The Morgan fingerprint density at radius 1 is 1.22 bits per heavy atom. The van der Waals surface area contributed by atoms with Crippen molar-refractivity contribution in [1.82, 2.24) is 24.4 Å². The lowest BCUT2D eigenvalue weighted by Crippen LogP contribution is -2.57. The Morgan fingerprint density at radius 3 is 2.69 bits per heavy atom. The van der Waals surface area contributed by atoms with Gasteiger partial charge in [0.25, 0.3) is 5.91 Å². The number of nitrogens with zero attached hydrogens (tertiary/aromatic N) is 5. The first kappa shape index (κ1) is 24.4. The Balaban J connectivity index is 1.27. The Bertz CT molecular complexity index is 1220. The van der Waals surface area contributed by atoms with Crippen LogP contribution in [-0.2, 0) is 4.74 Å². The van der Waals surface area contributed by atoms with E-state index in [0.717, 1.165) is 12.2 Å². The van der Waals surface area contributed by atoms with Gasteiger partial charge in [-0.15, -0.1) is 0 Å². The molecular weight excluding hydrogens is 462 g/mol. The van der Waals surface area contributed by atoms with Crippen molar-refractivity contribution in [3.63, 3.8) is 0 Å². The maximum Gasteiger partial charge on any atom is 0.253 e. The van der Waals surface area contributed by atoms with Crippen molar-refractivity contribution in [3.05, 3.63) is 42.5 Å². The molecule has 2 saturated heterocycles. The van der Waals surface area contributed by atoms with Crippen LogP contribution in [0, 0.1) is 0 Å². The Kier molecular flexibility index (Phi) is 6.54. The molecule has 0 radical (unpaired) electrons. The molecule has 2 atom stereocenters. The number of aromatic nitrogens is 4. The molecule has 1 aromatic carbocycles. The molecule has 192 valence electrons. The summed E-state index contributed by atoms with van der Waals surface area (Å²) in [5, 5.41) is 11.2. The second-order valence-corrected chi connectivity index (χ2v) is 9.94. The molecule has 11 nitrogen and oxygen atoms in total. The lowest BCUT2D eigenvalue weighted by Gasteiger charge is -2.51. The Hall–Kier alpha value is -3.28. The van der Waals surface area contributed by atoms with Crippen molar-refractivity contribution in [2.45, 2.75) is 49.9 Å². The highest BCUT2D eigenvalue weighted by atomic mass is 16.5. The van der Waals surface area contributed by atoms with Gasteiger partial charge < -0.3 is 35.5 Å². The fraction of sp³-hybridized carbons (Fsp3) is 0.520. The molecule has 36 heavy (non-hydrogen) atoms. The zero-order valence-electron chi connectivity index (χ0n) is 20.5. The minimum absolute atomic E-state index is 0.00880. The maximum absolute atomic E-state index is 13.1. The number of imidazole rings is 1. The molecule has 11 heteroatoms. The first-order valence-corrected chi connectivity index (χ1v) is 12.3. The Labute approximate surface area is 209 Å². The summed E-state index contributed by atoms with van der Waals surface area (Å²) in [7, 11) is 0. The molecule has 0 aliphatic carbocycles. The van der Waals surface area contributed by atoms with Crippen LogP contribution in [0.2, 0.25) is 0 Å². The monoisotopic (exact) mass is 495 g/mol. The fourth-order valence-corrected chi connectivity index (χ4v) is 5.14. The van der Waals surface area contributed by atoms with E-state index in [-0.39, 0.29) is 18.6 Å². The molecule has 2 aliphatic heterocycles. The standard InChI is InChI=1S/C25H33N7O4/c1-24(34)14-36-25(13-19(24)32-16-30-20-21(27)28-15-29-22(20)32)7-10-31(11-8-25)23(33)17-3-5-18(6-4-17)35-12-2-9-26/h3-6,15-16,19,34H,2,7-14,26H2,1H3,(H2,27,28,29)/t19-,24-/m0/s1. The largest absolute Gasteiger partial charge is 0.494 e. The molecule has 4 heterocycles. The van der Waals surface area contributed by atoms with Crippen molar-refractivity contribution in [2.24, 2.45) is 5.73 Å². The van der Waals surface area contributed by atoms with Crippen LogP contribution in [0.1, 0.15) is 49.0 Å². The zero-order valence-corrected chi connectivity index (χ0v) is 20.5. The summed E-state index contributed by atoms with van der Waals surface area (Å²) < 4.78 is 13.8. The van der Waals surface area contributed by atoms with E-state index in [1.165, 1.54) is 6.33 Å². The quantitative estimate of drug-likeness (QED) is 0.432. The highest BCUT2D eigenvalue weighted by Crippen LogP contribution is 2.44. The maximum atomic E-state index is 13.1. The van der Waals surface area contributed by atoms with E-state index in [4.69, 9.17) is 20.9 Å². The topological polar surface area (TPSA) is 155 Å². The number of carbonyl (C=O) groups is 1. The predicted octanol–water partition coefficient (Wildman–Crippen LogP) is 1.52. The van der Waals surface area contributed by atoms with Crippen molar-refractivity contribution >= 4 is 22.9 Å². The van der Waals surface area contributed by atoms with E-state index in [1.807, 2.05) is 21.6 Å². The number of piperidine rings is 1. The molecule has 5 rings (SSSR count). The van der Waals surface area contributed by atoms with Crippen LogP contribution in [-0.4, -0.2) is 79.5 Å². The number of hydrogen-bond donors (Lipinski definition) is 3. The van der Waals surface area contributed by atoms with Gasteiger partial charge >= 0.3 is 0 Å². The SMILES string of the molecule is C[C@]1(O)COC2(CCN(C(=O)c3ccc(OCCCN)cc3)CC2)C[C@@H]1n1cnc2c(N)ncnc21. The third-order valence-electron chi connectivity index (χ3n) is 7.36. The average Bonchev–Trinajstić information content (AvgIpc) is 3.32. The first-order valence-electron chi connectivity index (χ1n) is 12.3. The van der Waals surface area contributed by atoms with E-state index in [0.29, 0.717) is 68.0 Å². The smallest absolute Gasteiger partial charge is 0.253 e. The summed E-state index contributed by atoms with van der Waals surface area (Å²) in [6, 6.07) is 6.93. The third-order valence-corrected chi connectivity index (χ3v) is 7.36. The molecule has 3 aromatic rings. The molecule has 5 N–H and O–H groups in total. The van der Waals surface area contributed by atoms with Gasteiger partial charge in [0, 0.05) is 25.1 Å². The van der Waals surface area contributed by atoms with E-state index in [2.05, 4.69) is 15.0 Å². The summed E-state index contributed by atoms with van der Waals surface area (Å²) in [4.78, 5) is 27.7. The van der Waals surface area contributed by atoms with Gasteiger partial charge in [-0.3, -0.25) is 4.79 Å². The number of hydrogen-bond acceptors (Lipinski definition) is 9. The van der Waals surface area contributed by atoms with Crippen molar-refractivity contribution < 1.29 is 19.4 Å².